The van der Waals surface area contributed by atoms with E-state index in [1.54, 1.807) is 48.4 Å². The zero-order valence-corrected chi connectivity index (χ0v) is 20.4. The number of amides is 1. The van der Waals surface area contributed by atoms with Gasteiger partial charge in [-0.1, -0.05) is 45.0 Å². The minimum absolute atomic E-state index is 0.0745. The van der Waals surface area contributed by atoms with Crippen molar-refractivity contribution in [3.05, 3.63) is 65.2 Å². The molecule has 1 heterocycles. The van der Waals surface area contributed by atoms with Crippen molar-refractivity contribution in [2.24, 2.45) is 0 Å². The fourth-order valence-corrected chi connectivity index (χ4v) is 4.17. The smallest absolute Gasteiger partial charge is 0.295 e. The van der Waals surface area contributed by atoms with Crippen molar-refractivity contribution in [2.45, 2.75) is 33.2 Å². The summed E-state index contributed by atoms with van der Waals surface area (Å²) in [5.41, 5.74) is 1.21. The highest BCUT2D eigenvalue weighted by Crippen LogP contribution is 2.40. The minimum Gasteiger partial charge on any atom is -0.507 e. The summed E-state index contributed by atoms with van der Waals surface area (Å²) in [5.74, 6) is -0.301. The molecule has 0 aromatic heterocycles. The molecular weight excluding hydrogens is 432 g/mol. The maximum absolute atomic E-state index is 13.2. The maximum Gasteiger partial charge on any atom is 0.295 e. The number of ether oxygens (including phenoxy) is 2. The van der Waals surface area contributed by atoms with Crippen molar-refractivity contribution in [1.82, 2.24) is 9.80 Å². The van der Waals surface area contributed by atoms with Crippen LogP contribution in [-0.4, -0.2) is 66.5 Å². The van der Waals surface area contributed by atoms with E-state index in [0.717, 1.165) is 19.5 Å². The minimum atomic E-state index is -0.717. The summed E-state index contributed by atoms with van der Waals surface area (Å²) in [7, 11) is 1.57. The molecule has 0 aliphatic carbocycles. The molecule has 0 bridgehead atoms. The topological polar surface area (TPSA) is 79.3 Å². The number of aliphatic hydroxyl groups is 1. The number of aliphatic hydroxyl groups excluding tert-OH is 1. The number of hydrogen-bond donors (Lipinski definition) is 1. The average Bonchev–Trinajstić information content (AvgIpc) is 3.12. The maximum atomic E-state index is 13.2. The van der Waals surface area contributed by atoms with Gasteiger partial charge in [-0.05, 0) is 49.3 Å². The largest absolute Gasteiger partial charge is 0.507 e. The normalized spacial score (nSPS) is 17.4. The van der Waals surface area contributed by atoms with Gasteiger partial charge in [0.2, 0.25) is 0 Å². The van der Waals surface area contributed by atoms with Crippen LogP contribution in [0.3, 0.4) is 0 Å². The number of carbonyl (C=O) groups excluding carboxylic acids is 2. The molecule has 1 atom stereocenters. The third-order valence-electron chi connectivity index (χ3n) is 6.08. The lowest BCUT2D eigenvalue weighted by molar-refractivity contribution is -0.140. The number of nitrogens with zero attached hydrogens (tertiary/aromatic N) is 2. The molecule has 7 nitrogen and oxygen atoms in total. The summed E-state index contributed by atoms with van der Waals surface area (Å²) in [5, 5.41) is 11.3. The molecule has 7 heteroatoms. The summed E-state index contributed by atoms with van der Waals surface area (Å²) < 4.78 is 11.1. The van der Waals surface area contributed by atoms with Crippen LogP contribution >= 0.6 is 0 Å². The van der Waals surface area contributed by atoms with E-state index in [-0.39, 0.29) is 11.3 Å². The van der Waals surface area contributed by atoms with Gasteiger partial charge in [-0.25, -0.2) is 0 Å². The van der Waals surface area contributed by atoms with Gasteiger partial charge in [0.1, 0.15) is 17.3 Å². The monoisotopic (exact) mass is 466 g/mol. The second-order valence-electron chi connectivity index (χ2n) is 8.17. The number of carbonyl (C=O) groups is 2. The lowest BCUT2D eigenvalue weighted by atomic mass is 9.95. The number of likely N-dealkylation sites (tertiary alicyclic amines) is 1. The van der Waals surface area contributed by atoms with Crippen LogP contribution in [0.1, 0.15) is 44.4 Å². The Morgan fingerprint density at radius 2 is 1.74 bits per heavy atom. The van der Waals surface area contributed by atoms with E-state index < -0.39 is 17.7 Å². The number of rotatable bonds is 11. The molecule has 1 aliphatic heterocycles. The molecule has 3 rings (SSSR count). The zero-order valence-electron chi connectivity index (χ0n) is 20.4. The number of methoxy groups -OCH3 is 1. The van der Waals surface area contributed by atoms with Gasteiger partial charge < -0.3 is 24.4 Å². The predicted octanol–water partition coefficient (Wildman–Crippen LogP) is 4.25. The quantitative estimate of drug-likeness (QED) is 0.303. The Morgan fingerprint density at radius 3 is 2.41 bits per heavy atom. The third-order valence-corrected chi connectivity index (χ3v) is 6.08. The van der Waals surface area contributed by atoms with Gasteiger partial charge in [-0.2, -0.15) is 0 Å². The van der Waals surface area contributed by atoms with Crippen LogP contribution in [-0.2, 0) is 9.59 Å². The van der Waals surface area contributed by atoms with Crippen molar-refractivity contribution in [3.63, 3.8) is 0 Å². The van der Waals surface area contributed by atoms with Crippen molar-refractivity contribution in [2.75, 3.05) is 39.9 Å². The summed E-state index contributed by atoms with van der Waals surface area (Å²) in [6.07, 6.45) is 0.851. The lowest BCUT2D eigenvalue weighted by Crippen LogP contribution is -2.38. The van der Waals surface area contributed by atoms with Crippen LogP contribution in [0.4, 0.5) is 0 Å². The van der Waals surface area contributed by atoms with Gasteiger partial charge in [0.05, 0.1) is 25.3 Å². The van der Waals surface area contributed by atoms with Gasteiger partial charge in [0, 0.05) is 18.7 Å². The van der Waals surface area contributed by atoms with Crippen LogP contribution < -0.4 is 9.47 Å². The second-order valence-corrected chi connectivity index (χ2v) is 8.17. The van der Waals surface area contributed by atoms with Gasteiger partial charge in [0.15, 0.2) is 0 Å². The summed E-state index contributed by atoms with van der Waals surface area (Å²) >= 11 is 0. The molecule has 1 N–H and O–H groups in total. The summed E-state index contributed by atoms with van der Waals surface area (Å²) in [6.45, 7) is 9.35. The second kappa shape index (κ2) is 11.7. The fourth-order valence-electron chi connectivity index (χ4n) is 4.17. The third kappa shape index (κ3) is 5.42. The van der Waals surface area contributed by atoms with Crippen LogP contribution in [0.25, 0.3) is 5.76 Å². The molecule has 34 heavy (non-hydrogen) atoms. The van der Waals surface area contributed by atoms with Gasteiger partial charge in [0.25, 0.3) is 11.7 Å². The molecule has 2 aromatic rings. The SMILES string of the molecule is CCCOc1cccc(C(O)=C2C(=O)C(=O)N(CCN(CC)CC)C2c2cccc(OC)c2)c1. The Hall–Kier alpha value is -3.32. The molecule has 1 saturated heterocycles. The highest BCUT2D eigenvalue weighted by molar-refractivity contribution is 6.46. The zero-order chi connectivity index (χ0) is 24.7. The molecule has 1 unspecified atom stereocenters. The Kier molecular flexibility index (Phi) is 8.71. The van der Waals surface area contributed by atoms with E-state index in [4.69, 9.17) is 9.47 Å². The molecule has 1 fully saturated rings. The molecule has 0 saturated carbocycles. The lowest BCUT2D eigenvalue weighted by Gasteiger charge is -2.28. The van der Waals surface area contributed by atoms with Crippen LogP contribution in [0, 0.1) is 0 Å². The number of Topliss-reactive ketones (excluding diaryl/α,β-unsaturated/α-hetero) is 1. The first-order valence-electron chi connectivity index (χ1n) is 11.8. The molecule has 182 valence electrons. The predicted molar refractivity (Wildman–Crippen MR) is 132 cm³/mol. The molecule has 0 radical (unpaired) electrons. The van der Waals surface area contributed by atoms with Crippen molar-refractivity contribution in [1.29, 1.82) is 0 Å². The summed E-state index contributed by atoms with van der Waals surface area (Å²) in [6, 6.07) is 13.5. The van der Waals surface area contributed by atoms with E-state index in [9.17, 15) is 14.7 Å². The van der Waals surface area contributed by atoms with E-state index in [1.807, 2.05) is 19.1 Å². The fraction of sp³-hybridized carbons (Fsp3) is 0.407. The van der Waals surface area contributed by atoms with E-state index in [1.165, 1.54) is 0 Å². The highest BCUT2D eigenvalue weighted by atomic mass is 16.5. The van der Waals surface area contributed by atoms with E-state index in [2.05, 4.69) is 18.7 Å². The average molecular weight is 467 g/mol. The number of likely N-dealkylation sites (N-methyl/N-ethyl adjacent to an activating group) is 1. The van der Waals surface area contributed by atoms with Crippen molar-refractivity contribution < 1.29 is 24.2 Å². The van der Waals surface area contributed by atoms with Crippen LogP contribution in [0.5, 0.6) is 11.5 Å². The number of hydrogen-bond acceptors (Lipinski definition) is 6. The molecule has 2 aromatic carbocycles. The van der Waals surface area contributed by atoms with Crippen molar-refractivity contribution >= 4 is 17.4 Å². The molecule has 0 spiro atoms. The van der Waals surface area contributed by atoms with Gasteiger partial charge in [-0.3, -0.25) is 9.59 Å². The first-order chi connectivity index (χ1) is 16.4. The standard InChI is InChI=1S/C27H34N2O5/c1-5-16-34-22-13-9-11-20(18-22)25(30)23-24(19-10-8-12-21(17-19)33-4)29(27(32)26(23)31)15-14-28(6-2)7-3/h8-13,17-18,24,30H,5-7,14-16H2,1-4H3. The first kappa shape index (κ1) is 25.3. The number of ketones is 1. The number of benzene rings is 2. The Labute approximate surface area is 201 Å². The van der Waals surface area contributed by atoms with Crippen LogP contribution in [0.15, 0.2) is 54.1 Å². The van der Waals surface area contributed by atoms with E-state index in [0.29, 0.717) is 42.3 Å². The highest BCUT2D eigenvalue weighted by Gasteiger charge is 2.46. The van der Waals surface area contributed by atoms with E-state index >= 15 is 0 Å². The Bertz CT molecular complexity index is 1040. The summed E-state index contributed by atoms with van der Waals surface area (Å²) in [4.78, 5) is 30.1. The van der Waals surface area contributed by atoms with Gasteiger partial charge in [-0.15, -0.1) is 0 Å². The molecule has 1 amide bonds. The molecule has 1 aliphatic rings. The van der Waals surface area contributed by atoms with Crippen molar-refractivity contribution in [3.8, 4) is 11.5 Å². The Morgan fingerprint density at radius 1 is 1.03 bits per heavy atom. The van der Waals surface area contributed by atoms with Crippen LogP contribution in [0.2, 0.25) is 0 Å². The first-order valence-corrected chi connectivity index (χ1v) is 11.8. The van der Waals surface area contributed by atoms with Gasteiger partial charge >= 0.3 is 0 Å². The molecular formula is C27H34N2O5. The Balaban J connectivity index is 2.09.